The Morgan fingerprint density at radius 2 is 2.21 bits per heavy atom. The van der Waals surface area contributed by atoms with Gasteiger partial charge in [-0.25, -0.2) is 0 Å². The zero-order chi connectivity index (χ0) is 13.1. The molecule has 1 aliphatic carbocycles. The molecule has 1 atom stereocenters. The minimum Gasteiger partial charge on any atom is -0.492 e. The Morgan fingerprint density at radius 1 is 1.37 bits per heavy atom. The molecule has 3 nitrogen and oxygen atoms in total. The van der Waals surface area contributed by atoms with Crippen molar-refractivity contribution in [2.24, 2.45) is 5.92 Å². The van der Waals surface area contributed by atoms with Gasteiger partial charge < -0.3 is 10.1 Å². The van der Waals surface area contributed by atoms with Crippen LogP contribution < -0.4 is 10.1 Å². The molecule has 1 saturated carbocycles. The van der Waals surface area contributed by atoms with Gasteiger partial charge in [-0.2, -0.15) is 0 Å². The van der Waals surface area contributed by atoms with Gasteiger partial charge in [0.1, 0.15) is 5.75 Å². The van der Waals surface area contributed by atoms with Crippen molar-refractivity contribution < 1.29 is 4.74 Å². The van der Waals surface area contributed by atoms with Crippen LogP contribution in [0.2, 0.25) is 0 Å². The van der Waals surface area contributed by atoms with E-state index in [1.165, 1.54) is 12.8 Å². The molecular formula is C16H20N2O. The van der Waals surface area contributed by atoms with Crippen molar-refractivity contribution in [3.8, 4) is 5.75 Å². The third-order valence-electron chi connectivity index (χ3n) is 3.43. The fraction of sp³-hybridized carbons (Fsp3) is 0.438. The molecule has 0 bridgehead atoms. The zero-order valence-corrected chi connectivity index (χ0v) is 11.3. The molecule has 1 fully saturated rings. The number of nitrogens with zero attached hydrogens (tertiary/aromatic N) is 1. The van der Waals surface area contributed by atoms with Gasteiger partial charge in [-0.1, -0.05) is 25.1 Å². The predicted octanol–water partition coefficient (Wildman–Crippen LogP) is 3.00. The van der Waals surface area contributed by atoms with E-state index in [2.05, 4.69) is 29.4 Å². The van der Waals surface area contributed by atoms with E-state index in [0.29, 0.717) is 5.92 Å². The van der Waals surface area contributed by atoms with E-state index in [4.69, 9.17) is 4.74 Å². The van der Waals surface area contributed by atoms with Crippen molar-refractivity contribution in [3.63, 3.8) is 0 Å². The molecule has 0 radical (unpaired) electrons. The number of ether oxygens (including phenoxy) is 1. The van der Waals surface area contributed by atoms with Crippen molar-refractivity contribution in [1.82, 2.24) is 10.3 Å². The summed E-state index contributed by atoms with van der Waals surface area (Å²) >= 11 is 0. The summed E-state index contributed by atoms with van der Waals surface area (Å²) in [5.41, 5.74) is 1.01. The summed E-state index contributed by atoms with van der Waals surface area (Å²) in [5, 5.41) is 4.66. The van der Waals surface area contributed by atoms with Crippen molar-refractivity contribution in [2.45, 2.75) is 25.8 Å². The fourth-order valence-corrected chi connectivity index (χ4v) is 2.08. The number of para-hydroxylation sites is 1. The fourth-order valence-electron chi connectivity index (χ4n) is 2.08. The lowest BCUT2D eigenvalue weighted by atomic mass is 10.2. The monoisotopic (exact) mass is 256 g/mol. The molecule has 1 aliphatic rings. The Balaban J connectivity index is 1.55. The predicted molar refractivity (Wildman–Crippen MR) is 77.4 cm³/mol. The number of nitrogens with one attached hydrogen (secondary N) is 1. The summed E-state index contributed by atoms with van der Waals surface area (Å²) < 4.78 is 5.83. The molecule has 1 aromatic carbocycles. The lowest BCUT2D eigenvalue weighted by Gasteiger charge is -2.13. The van der Waals surface area contributed by atoms with E-state index in [1.54, 1.807) is 0 Å². The summed E-state index contributed by atoms with van der Waals surface area (Å²) in [6, 6.07) is 10.9. The zero-order valence-electron chi connectivity index (χ0n) is 11.3. The second-order valence-electron chi connectivity index (χ2n) is 5.46. The number of pyridine rings is 1. The Morgan fingerprint density at radius 3 is 3.05 bits per heavy atom. The van der Waals surface area contributed by atoms with Crippen molar-refractivity contribution in [1.29, 1.82) is 0 Å². The van der Waals surface area contributed by atoms with Gasteiger partial charge >= 0.3 is 0 Å². The normalized spacial score (nSPS) is 16.5. The van der Waals surface area contributed by atoms with Crippen LogP contribution in [-0.4, -0.2) is 24.2 Å². The Labute approximate surface area is 114 Å². The summed E-state index contributed by atoms with van der Waals surface area (Å²) in [7, 11) is 0. The molecule has 1 heterocycles. The summed E-state index contributed by atoms with van der Waals surface area (Å²) in [5.74, 6) is 1.38. The van der Waals surface area contributed by atoms with Gasteiger partial charge in [0.2, 0.25) is 0 Å². The van der Waals surface area contributed by atoms with Gasteiger partial charge in [0.05, 0.1) is 18.3 Å². The first-order chi connectivity index (χ1) is 9.31. The second-order valence-corrected chi connectivity index (χ2v) is 5.46. The van der Waals surface area contributed by atoms with Crippen LogP contribution in [-0.2, 0) is 0 Å². The molecule has 2 aromatic rings. The molecule has 0 spiro atoms. The van der Waals surface area contributed by atoms with E-state index in [1.807, 2.05) is 24.4 Å². The van der Waals surface area contributed by atoms with E-state index >= 15 is 0 Å². The van der Waals surface area contributed by atoms with Crippen molar-refractivity contribution >= 4 is 10.9 Å². The van der Waals surface area contributed by atoms with Gasteiger partial charge in [0.15, 0.2) is 0 Å². The second kappa shape index (κ2) is 5.57. The molecule has 19 heavy (non-hydrogen) atoms. The highest BCUT2D eigenvalue weighted by Crippen LogP contribution is 2.20. The van der Waals surface area contributed by atoms with Gasteiger partial charge in [-0.05, 0) is 25.0 Å². The molecule has 100 valence electrons. The lowest BCUT2D eigenvalue weighted by Crippen LogP contribution is -2.26. The van der Waals surface area contributed by atoms with Gasteiger partial charge in [-0.3, -0.25) is 4.98 Å². The highest BCUT2D eigenvalue weighted by atomic mass is 16.5. The molecule has 1 N–H and O–H groups in total. The molecule has 3 heteroatoms. The number of benzene rings is 1. The third kappa shape index (κ3) is 3.44. The third-order valence-corrected chi connectivity index (χ3v) is 3.43. The van der Waals surface area contributed by atoms with Crippen molar-refractivity contribution in [3.05, 3.63) is 36.5 Å². The molecule has 3 rings (SSSR count). The summed E-state index contributed by atoms with van der Waals surface area (Å²) in [6.07, 6.45) is 4.48. The number of fused-ring (bicyclic) bond motifs is 1. The maximum Gasteiger partial charge on any atom is 0.138 e. The molecule has 0 saturated heterocycles. The molecule has 1 aromatic heterocycles. The van der Waals surface area contributed by atoms with Crippen molar-refractivity contribution in [2.75, 3.05) is 13.2 Å². The van der Waals surface area contributed by atoms with Gasteiger partial charge in [0, 0.05) is 23.9 Å². The Kier molecular flexibility index (Phi) is 3.65. The van der Waals surface area contributed by atoms with Crippen LogP contribution in [0.25, 0.3) is 10.9 Å². The average molecular weight is 256 g/mol. The summed E-state index contributed by atoms with van der Waals surface area (Å²) in [4.78, 5) is 4.40. The van der Waals surface area contributed by atoms with E-state index in [-0.39, 0.29) is 0 Å². The number of hydrogen-bond donors (Lipinski definition) is 1. The van der Waals surface area contributed by atoms with Crippen LogP contribution in [0.3, 0.4) is 0 Å². The smallest absolute Gasteiger partial charge is 0.138 e. The number of aromatic nitrogens is 1. The topological polar surface area (TPSA) is 34.1 Å². The number of rotatable bonds is 6. The van der Waals surface area contributed by atoms with Crippen LogP contribution in [0.5, 0.6) is 5.75 Å². The highest BCUT2D eigenvalue weighted by Gasteiger charge is 2.20. The minimum atomic E-state index is 0.520. The van der Waals surface area contributed by atoms with Gasteiger partial charge in [-0.15, -0.1) is 0 Å². The SMILES string of the molecule is CC(CNC1CC1)COc1cnc2ccccc2c1. The maximum absolute atomic E-state index is 5.83. The number of hydrogen-bond acceptors (Lipinski definition) is 3. The lowest BCUT2D eigenvalue weighted by molar-refractivity contribution is 0.255. The quantitative estimate of drug-likeness (QED) is 0.862. The Hall–Kier alpha value is -1.61. The van der Waals surface area contributed by atoms with Crippen LogP contribution in [0.15, 0.2) is 36.5 Å². The largest absolute Gasteiger partial charge is 0.492 e. The first kappa shape index (κ1) is 12.4. The summed E-state index contributed by atoms with van der Waals surface area (Å²) in [6.45, 7) is 3.98. The maximum atomic E-state index is 5.83. The molecule has 0 aliphatic heterocycles. The van der Waals surface area contributed by atoms with Crippen LogP contribution in [0.1, 0.15) is 19.8 Å². The van der Waals surface area contributed by atoms with Crippen LogP contribution in [0, 0.1) is 5.92 Å². The first-order valence-corrected chi connectivity index (χ1v) is 7.02. The van der Waals surface area contributed by atoms with Gasteiger partial charge in [0.25, 0.3) is 0 Å². The molecular weight excluding hydrogens is 236 g/mol. The standard InChI is InChI=1S/C16H20N2O/c1-12(9-17-14-6-7-14)11-19-15-8-13-4-2-3-5-16(13)18-10-15/h2-5,8,10,12,14,17H,6-7,9,11H2,1H3. The molecule has 0 amide bonds. The van der Waals surface area contributed by atoms with E-state index in [9.17, 15) is 0 Å². The van der Waals surface area contributed by atoms with E-state index < -0.39 is 0 Å². The first-order valence-electron chi connectivity index (χ1n) is 7.02. The minimum absolute atomic E-state index is 0.520. The van der Waals surface area contributed by atoms with Crippen LogP contribution in [0.4, 0.5) is 0 Å². The van der Waals surface area contributed by atoms with E-state index in [0.717, 1.165) is 35.8 Å². The Bertz CT molecular complexity index is 551. The highest BCUT2D eigenvalue weighted by molar-refractivity contribution is 5.79. The molecule has 1 unspecified atom stereocenters. The average Bonchev–Trinajstić information content (AvgIpc) is 3.27. The van der Waals surface area contributed by atoms with Crippen LogP contribution >= 0.6 is 0 Å².